The molecule has 2 heterocycles. The molecule has 2 fully saturated rings. The highest BCUT2D eigenvalue weighted by atomic mass is 35.5. The standard InChI is InChI=1S/C14H19ClN2O2S/c15-12-8-13(10-16-9-12)20(18,19)17-7-3-6-14(11-17)4-1-2-5-14/h8-10H,1-7,11H2. The van der Waals surface area contributed by atoms with Crippen molar-refractivity contribution in [3.63, 3.8) is 0 Å². The molecule has 0 atom stereocenters. The number of aromatic nitrogens is 1. The van der Waals surface area contributed by atoms with Gasteiger partial charge >= 0.3 is 0 Å². The molecular formula is C14H19ClN2O2S. The largest absolute Gasteiger partial charge is 0.262 e. The van der Waals surface area contributed by atoms with E-state index < -0.39 is 10.0 Å². The van der Waals surface area contributed by atoms with Crippen LogP contribution in [0.3, 0.4) is 0 Å². The van der Waals surface area contributed by atoms with E-state index in [4.69, 9.17) is 11.6 Å². The van der Waals surface area contributed by atoms with Crippen molar-refractivity contribution in [2.45, 2.75) is 43.4 Å². The van der Waals surface area contributed by atoms with Crippen LogP contribution < -0.4 is 0 Å². The van der Waals surface area contributed by atoms with Crippen molar-refractivity contribution < 1.29 is 8.42 Å². The second kappa shape index (κ2) is 5.28. The van der Waals surface area contributed by atoms with Gasteiger partial charge in [0.25, 0.3) is 0 Å². The Morgan fingerprint density at radius 2 is 1.85 bits per heavy atom. The fourth-order valence-electron chi connectivity index (χ4n) is 3.58. The zero-order valence-corrected chi connectivity index (χ0v) is 13.0. The summed E-state index contributed by atoms with van der Waals surface area (Å²) in [5, 5.41) is 0.360. The van der Waals surface area contributed by atoms with Gasteiger partial charge in [-0.25, -0.2) is 8.42 Å². The van der Waals surface area contributed by atoms with E-state index in [9.17, 15) is 8.42 Å². The monoisotopic (exact) mass is 314 g/mol. The van der Waals surface area contributed by atoms with E-state index in [1.807, 2.05) is 0 Å². The highest BCUT2D eigenvalue weighted by molar-refractivity contribution is 7.89. The summed E-state index contributed by atoms with van der Waals surface area (Å²) in [6.45, 7) is 1.26. The van der Waals surface area contributed by atoms with Crippen LogP contribution in [-0.2, 0) is 10.0 Å². The lowest BCUT2D eigenvalue weighted by molar-refractivity contribution is 0.152. The van der Waals surface area contributed by atoms with Crippen molar-refractivity contribution in [3.8, 4) is 0 Å². The molecule has 2 aliphatic rings. The van der Waals surface area contributed by atoms with E-state index in [-0.39, 0.29) is 10.3 Å². The molecule has 1 aromatic heterocycles. The van der Waals surface area contributed by atoms with Crippen molar-refractivity contribution >= 4 is 21.6 Å². The maximum Gasteiger partial charge on any atom is 0.244 e. The number of piperidine rings is 1. The summed E-state index contributed by atoms with van der Waals surface area (Å²) in [6.07, 6.45) is 9.73. The minimum absolute atomic E-state index is 0.208. The summed E-state index contributed by atoms with van der Waals surface area (Å²) < 4.78 is 27.0. The lowest BCUT2D eigenvalue weighted by Crippen LogP contribution is -2.44. The molecule has 0 amide bonds. The predicted molar refractivity (Wildman–Crippen MR) is 78.1 cm³/mol. The SMILES string of the molecule is O=S(=O)(c1cncc(Cl)c1)N1CCCC2(CCCC2)C1. The van der Waals surface area contributed by atoms with E-state index in [2.05, 4.69) is 4.98 Å². The molecule has 1 aliphatic carbocycles. The average molecular weight is 315 g/mol. The van der Waals surface area contributed by atoms with Gasteiger partial charge in [0.1, 0.15) is 4.90 Å². The topological polar surface area (TPSA) is 50.3 Å². The Kier molecular flexibility index (Phi) is 3.77. The molecule has 1 saturated carbocycles. The summed E-state index contributed by atoms with van der Waals surface area (Å²) in [7, 11) is -3.46. The van der Waals surface area contributed by atoms with Gasteiger partial charge in [-0.3, -0.25) is 4.98 Å². The van der Waals surface area contributed by atoms with Crippen LogP contribution in [0.25, 0.3) is 0 Å². The maximum atomic E-state index is 12.7. The second-order valence-corrected chi connectivity index (χ2v) is 8.36. The molecule has 4 nitrogen and oxygen atoms in total. The number of nitrogens with zero attached hydrogens (tertiary/aromatic N) is 2. The Bertz CT molecular complexity index is 597. The molecule has 0 radical (unpaired) electrons. The highest BCUT2D eigenvalue weighted by Crippen LogP contribution is 2.45. The molecule has 0 aromatic carbocycles. The van der Waals surface area contributed by atoms with Gasteiger partial charge < -0.3 is 0 Å². The number of pyridine rings is 1. The van der Waals surface area contributed by atoms with Crippen LogP contribution in [0.4, 0.5) is 0 Å². The van der Waals surface area contributed by atoms with Gasteiger partial charge in [-0.2, -0.15) is 4.31 Å². The fraction of sp³-hybridized carbons (Fsp3) is 0.643. The molecule has 20 heavy (non-hydrogen) atoms. The van der Waals surface area contributed by atoms with Crippen molar-refractivity contribution in [1.82, 2.24) is 9.29 Å². The first-order valence-corrected chi connectivity index (χ1v) is 8.94. The minimum Gasteiger partial charge on any atom is -0.262 e. The predicted octanol–water partition coefficient (Wildman–Crippen LogP) is 3.08. The molecule has 1 aromatic rings. The van der Waals surface area contributed by atoms with Gasteiger partial charge in [-0.15, -0.1) is 0 Å². The van der Waals surface area contributed by atoms with Gasteiger partial charge in [0.2, 0.25) is 10.0 Å². The first-order valence-electron chi connectivity index (χ1n) is 7.13. The lowest BCUT2D eigenvalue weighted by atomic mass is 9.79. The second-order valence-electron chi connectivity index (χ2n) is 5.99. The lowest BCUT2D eigenvalue weighted by Gasteiger charge is -2.39. The van der Waals surface area contributed by atoms with E-state index in [0.29, 0.717) is 18.1 Å². The van der Waals surface area contributed by atoms with Crippen LogP contribution >= 0.6 is 11.6 Å². The van der Waals surface area contributed by atoms with Crippen molar-refractivity contribution in [3.05, 3.63) is 23.5 Å². The maximum absolute atomic E-state index is 12.7. The molecule has 1 saturated heterocycles. The van der Waals surface area contributed by atoms with Gasteiger partial charge in [0.05, 0.1) is 5.02 Å². The van der Waals surface area contributed by atoms with Crippen LogP contribution in [0.15, 0.2) is 23.4 Å². The van der Waals surface area contributed by atoms with E-state index in [1.54, 1.807) is 4.31 Å². The third-order valence-corrected chi connectivity index (χ3v) is 6.63. The summed E-state index contributed by atoms with van der Waals surface area (Å²) in [5.74, 6) is 0. The van der Waals surface area contributed by atoms with E-state index in [1.165, 1.54) is 31.3 Å². The smallest absolute Gasteiger partial charge is 0.244 e. The Hall–Kier alpha value is -0.650. The summed E-state index contributed by atoms with van der Waals surface area (Å²) in [4.78, 5) is 4.10. The van der Waals surface area contributed by atoms with Crippen LogP contribution in [0.2, 0.25) is 5.02 Å². The van der Waals surface area contributed by atoms with Crippen LogP contribution in [0.1, 0.15) is 38.5 Å². The first kappa shape index (κ1) is 14.3. The van der Waals surface area contributed by atoms with Gasteiger partial charge in [0.15, 0.2) is 0 Å². The summed E-state index contributed by atoms with van der Waals surface area (Å²) >= 11 is 5.86. The number of rotatable bonds is 2. The fourth-order valence-corrected chi connectivity index (χ4v) is 5.40. The quantitative estimate of drug-likeness (QED) is 0.843. The average Bonchev–Trinajstić information content (AvgIpc) is 2.87. The molecule has 6 heteroatoms. The highest BCUT2D eigenvalue weighted by Gasteiger charge is 2.41. The van der Waals surface area contributed by atoms with Gasteiger partial charge in [-0.05, 0) is 37.2 Å². The van der Waals surface area contributed by atoms with E-state index >= 15 is 0 Å². The first-order chi connectivity index (χ1) is 9.52. The number of hydrogen-bond donors (Lipinski definition) is 0. The molecule has 1 spiro atoms. The number of hydrogen-bond acceptors (Lipinski definition) is 3. The van der Waals surface area contributed by atoms with Crippen LogP contribution in [0.5, 0.6) is 0 Å². The summed E-state index contributed by atoms with van der Waals surface area (Å²) in [6, 6.07) is 1.49. The Morgan fingerprint density at radius 1 is 1.15 bits per heavy atom. The van der Waals surface area contributed by atoms with Gasteiger partial charge in [-0.1, -0.05) is 24.4 Å². The van der Waals surface area contributed by atoms with Crippen LogP contribution in [0, 0.1) is 5.41 Å². The van der Waals surface area contributed by atoms with Gasteiger partial charge in [0, 0.05) is 25.5 Å². The Balaban J connectivity index is 1.87. The molecule has 0 N–H and O–H groups in total. The molecule has 1 aliphatic heterocycles. The normalized spacial score (nSPS) is 23.2. The number of halogens is 1. The Labute approximate surface area is 125 Å². The zero-order valence-electron chi connectivity index (χ0n) is 11.4. The van der Waals surface area contributed by atoms with Crippen molar-refractivity contribution in [2.75, 3.05) is 13.1 Å². The molecule has 3 rings (SSSR count). The minimum atomic E-state index is -3.46. The third-order valence-electron chi connectivity index (χ3n) is 4.61. The van der Waals surface area contributed by atoms with Crippen LogP contribution in [-0.4, -0.2) is 30.8 Å². The zero-order chi connectivity index (χ0) is 14.2. The number of sulfonamides is 1. The van der Waals surface area contributed by atoms with Crippen molar-refractivity contribution in [2.24, 2.45) is 5.41 Å². The molecule has 110 valence electrons. The molecule has 0 unspecified atom stereocenters. The Morgan fingerprint density at radius 3 is 2.55 bits per heavy atom. The van der Waals surface area contributed by atoms with Crippen molar-refractivity contribution in [1.29, 1.82) is 0 Å². The molecular weight excluding hydrogens is 296 g/mol. The summed E-state index contributed by atoms with van der Waals surface area (Å²) in [5.41, 5.74) is 0.220. The third kappa shape index (κ3) is 2.59. The van der Waals surface area contributed by atoms with E-state index in [0.717, 1.165) is 25.7 Å². The molecule has 0 bridgehead atoms.